The van der Waals surface area contributed by atoms with Gasteiger partial charge in [0.1, 0.15) is 13.2 Å². The summed E-state index contributed by atoms with van der Waals surface area (Å²) >= 11 is 0. The fraction of sp³-hybridized carbons (Fsp3) is 0.333. The van der Waals surface area contributed by atoms with E-state index in [0.717, 1.165) is 5.56 Å². The first kappa shape index (κ1) is 20.4. The molecule has 0 atom stereocenters. The van der Waals surface area contributed by atoms with Crippen LogP contribution in [0.15, 0.2) is 41.3 Å². The van der Waals surface area contributed by atoms with E-state index in [-0.39, 0.29) is 29.4 Å². The second-order valence-electron chi connectivity index (χ2n) is 7.08. The van der Waals surface area contributed by atoms with Gasteiger partial charge in [0.25, 0.3) is 0 Å². The van der Waals surface area contributed by atoms with Crippen LogP contribution in [-0.2, 0) is 21.2 Å². The van der Waals surface area contributed by atoms with Crippen molar-refractivity contribution in [1.82, 2.24) is 4.72 Å². The Balaban J connectivity index is 1.42. The van der Waals surface area contributed by atoms with Gasteiger partial charge >= 0.3 is 0 Å². The molecule has 1 amide bonds. The van der Waals surface area contributed by atoms with Gasteiger partial charge in [-0.15, -0.1) is 0 Å². The second-order valence-corrected chi connectivity index (χ2v) is 8.96. The second kappa shape index (κ2) is 8.08. The van der Waals surface area contributed by atoms with Crippen molar-refractivity contribution in [1.29, 1.82) is 0 Å². The maximum absolute atomic E-state index is 12.7. The molecule has 0 fully saturated rings. The quantitative estimate of drug-likeness (QED) is 0.703. The Morgan fingerprint density at radius 1 is 1.03 bits per heavy atom. The van der Waals surface area contributed by atoms with Gasteiger partial charge in [-0.2, -0.15) is 0 Å². The van der Waals surface area contributed by atoms with Crippen molar-refractivity contribution in [3.05, 3.63) is 47.5 Å². The summed E-state index contributed by atoms with van der Waals surface area (Å²) in [6.07, 6.45) is 0.726. The maximum Gasteiger partial charge on any atom is 0.240 e. The van der Waals surface area contributed by atoms with Gasteiger partial charge in [-0.1, -0.05) is 0 Å². The Kier molecular flexibility index (Phi) is 5.48. The average Bonchev–Trinajstić information content (AvgIpc) is 3.20. The van der Waals surface area contributed by atoms with Crippen molar-refractivity contribution in [3.63, 3.8) is 0 Å². The number of hydrogen-bond donors (Lipinski definition) is 1. The molecule has 0 saturated carbocycles. The Labute approximate surface area is 174 Å². The zero-order chi connectivity index (χ0) is 21.3. The van der Waals surface area contributed by atoms with E-state index in [1.165, 1.54) is 13.1 Å². The third-order valence-corrected chi connectivity index (χ3v) is 6.67. The summed E-state index contributed by atoms with van der Waals surface area (Å²) in [6.45, 7) is 1.39. The highest BCUT2D eigenvalue weighted by Crippen LogP contribution is 2.32. The Bertz CT molecular complexity index is 1110. The molecule has 30 heavy (non-hydrogen) atoms. The number of benzene rings is 2. The molecule has 158 valence electrons. The monoisotopic (exact) mass is 430 g/mol. The highest BCUT2D eigenvalue weighted by molar-refractivity contribution is 7.89. The van der Waals surface area contributed by atoms with Gasteiger partial charge in [0.15, 0.2) is 17.3 Å². The molecule has 0 aliphatic carbocycles. The van der Waals surface area contributed by atoms with Crippen molar-refractivity contribution < 1.29 is 27.5 Å². The third-order valence-electron chi connectivity index (χ3n) is 5.26. The number of carbonyl (C=O) groups excluding carboxylic acids is 2. The first-order valence-electron chi connectivity index (χ1n) is 9.69. The van der Waals surface area contributed by atoms with E-state index in [9.17, 15) is 18.0 Å². The number of Topliss-reactive ketones (excluding diaryl/α,β-unsaturated/α-hetero) is 1. The van der Waals surface area contributed by atoms with Crippen LogP contribution in [0.25, 0.3) is 0 Å². The summed E-state index contributed by atoms with van der Waals surface area (Å²) < 4.78 is 37.2. The van der Waals surface area contributed by atoms with Crippen LogP contribution in [-0.4, -0.2) is 46.9 Å². The molecule has 0 bridgehead atoms. The first-order valence-corrected chi connectivity index (χ1v) is 11.2. The highest BCUT2D eigenvalue weighted by Gasteiger charge is 2.27. The Morgan fingerprint density at radius 3 is 2.57 bits per heavy atom. The van der Waals surface area contributed by atoms with Gasteiger partial charge in [-0.25, -0.2) is 13.1 Å². The lowest BCUT2D eigenvalue weighted by Gasteiger charge is -2.19. The molecule has 0 unspecified atom stereocenters. The van der Waals surface area contributed by atoms with Gasteiger partial charge in [0.2, 0.25) is 15.9 Å². The molecule has 1 N–H and O–H groups in total. The summed E-state index contributed by atoms with van der Waals surface area (Å²) in [5.74, 6) is 0.848. The number of carbonyl (C=O) groups is 2. The number of hydrogen-bond acceptors (Lipinski definition) is 6. The molecule has 0 saturated heterocycles. The van der Waals surface area contributed by atoms with Crippen LogP contribution in [0, 0.1) is 0 Å². The largest absolute Gasteiger partial charge is 0.486 e. The van der Waals surface area contributed by atoms with Gasteiger partial charge in [0.05, 0.1) is 4.90 Å². The first-order chi connectivity index (χ1) is 14.4. The van der Waals surface area contributed by atoms with Crippen LogP contribution in [0.4, 0.5) is 5.69 Å². The minimum atomic E-state index is -3.53. The summed E-state index contributed by atoms with van der Waals surface area (Å²) in [5.41, 5.74) is 1.98. The number of anilines is 1. The lowest BCUT2D eigenvalue weighted by atomic mass is 10.1. The van der Waals surface area contributed by atoms with Gasteiger partial charge in [-0.05, 0) is 55.4 Å². The van der Waals surface area contributed by atoms with Crippen molar-refractivity contribution in [2.75, 3.05) is 31.7 Å². The summed E-state index contributed by atoms with van der Waals surface area (Å²) in [4.78, 5) is 27.0. The van der Waals surface area contributed by atoms with Crippen LogP contribution < -0.4 is 19.1 Å². The zero-order valence-electron chi connectivity index (χ0n) is 16.5. The van der Waals surface area contributed by atoms with Crippen molar-refractivity contribution in [3.8, 4) is 11.5 Å². The fourth-order valence-corrected chi connectivity index (χ4v) is 4.42. The lowest BCUT2D eigenvalue weighted by Crippen LogP contribution is -2.29. The van der Waals surface area contributed by atoms with E-state index in [4.69, 9.17) is 9.47 Å². The number of ether oxygens (including phenoxy) is 2. The van der Waals surface area contributed by atoms with Crippen LogP contribution in [0.5, 0.6) is 11.5 Å². The van der Waals surface area contributed by atoms with E-state index >= 15 is 0 Å². The zero-order valence-corrected chi connectivity index (χ0v) is 17.3. The Hall–Kier alpha value is -2.91. The van der Waals surface area contributed by atoms with E-state index in [1.54, 1.807) is 35.2 Å². The molecule has 4 rings (SSSR count). The smallest absolute Gasteiger partial charge is 0.240 e. The molecular formula is C21H22N2O6S. The number of fused-ring (bicyclic) bond motifs is 2. The molecule has 2 heterocycles. The van der Waals surface area contributed by atoms with Crippen molar-refractivity contribution >= 4 is 27.4 Å². The molecule has 2 aliphatic heterocycles. The Morgan fingerprint density at radius 2 is 1.80 bits per heavy atom. The lowest BCUT2D eigenvalue weighted by molar-refractivity contribution is -0.118. The van der Waals surface area contributed by atoms with Crippen molar-refractivity contribution in [2.24, 2.45) is 0 Å². The SMILES string of the molecule is CNS(=O)(=O)c1ccc2c(c1)CCN2C(=O)CCC(=O)c1ccc2c(c1)OCCO2. The molecule has 0 radical (unpaired) electrons. The number of ketones is 1. The van der Waals surface area contributed by atoms with Gasteiger partial charge in [0, 0.05) is 30.6 Å². The molecule has 8 nitrogen and oxygen atoms in total. The molecular weight excluding hydrogens is 408 g/mol. The van der Waals surface area contributed by atoms with E-state index in [2.05, 4.69) is 4.72 Å². The van der Waals surface area contributed by atoms with Crippen molar-refractivity contribution in [2.45, 2.75) is 24.2 Å². The molecule has 2 aliphatic rings. The average molecular weight is 430 g/mol. The van der Waals surface area contributed by atoms with Crippen LogP contribution >= 0.6 is 0 Å². The molecule has 0 spiro atoms. The van der Waals surface area contributed by atoms with Crippen LogP contribution in [0.3, 0.4) is 0 Å². The molecule has 0 aromatic heterocycles. The number of rotatable bonds is 6. The molecule has 9 heteroatoms. The topological polar surface area (TPSA) is 102 Å². The highest BCUT2D eigenvalue weighted by atomic mass is 32.2. The molecule has 2 aromatic carbocycles. The van der Waals surface area contributed by atoms with E-state index in [0.29, 0.717) is 48.9 Å². The fourth-order valence-electron chi connectivity index (χ4n) is 3.64. The number of amides is 1. The van der Waals surface area contributed by atoms with Gasteiger partial charge in [-0.3, -0.25) is 9.59 Å². The van der Waals surface area contributed by atoms with Crippen LogP contribution in [0.1, 0.15) is 28.8 Å². The third kappa shape index (κ3) is 3.90. The number of nitrogens with one attached hydrogen (secondary N) is 1. The van der Waals surface area contributed by atoms with Crippen LogP contribution in [0.2, 0.25) is 0 Å². The predicted octanol–water partition coefficient (Wildman–Crippen LogP) is 1.92. The normalized spacial score (nSPS) is 15.0. The molecule has 2 aromatic rings. The summed E-state index contributed by atoms with van der Waals surface area (Å²) in [6, 6.07) is 9.75. The minimum Gasteiger partial charge on any atom is -0.486 e. The summed E-state index contributed by atoms with van der Waals surface area (Å²) in [5, 5.41) is 0. The van der Waals surface area contributed by atoms with Gasteiger partial charge < -0.3 is 14.4 Å². The van der Waals surface area contributed by atoms with E-state index in [1.807, 2.05) is 0 Å². The number of sulfonamides is 1. The number of nitrogens with zero attached hydrogens (tertiary/aromatic N) is 1. The van der Waals surface area contributed by atoms with E-state index < -0.39 is 10.0 Å². The predicted molar refractivity (Wildman–Crippen MR) is 110 cm³/mol. The maximum atomic E-state index is 12.7. The standard InChI is InChI=1S/C21H22N2O6S/c1-22-30(26,27)16-3-4-17-14(12-16)8-9-23(17)21(25)7-5-18(24)15-2-6-19-20(13-15)29-11-10-28-19/h2-4,6,12-13,22H,5,7-11H2,1H3. The summed E-state index contributed by atoms with van der Waals surface area (Å²) in [7, 11) is -2.18. The minimum absolute atomic E-state index is 0.0727.